The molecule has 0 radical (unpaired) electrons. The van der Waals surface area contributed by atoms with Crippen LogP contribution in [0.3, 0.4) is 0 Å². The number of hydroxylamine groups is 2. The summed E-state index contributed by atoms with van der Waals surface area (Å²) in [7, 11) is 0. The van der Waals surface area contributed by atoms with E-state index in [-0.39, 0.29) is 19.7 Å². The highest BCUT2D eigenvalue weighted by molar-refractivity contribution is 4.89. The highest BCUT2D eigenvalue weighted by atomic mass is 16.7. The predicted octanol–water partition coefficient (Wildman–Crippen LogP) is -4.88. The van der Waals surface area contributed by atoms with E-state index in [2.05, 4.69) is 0 Å². The van der Waals surface area contributed by atoms with Gasteiger partial charge in [0.1, 0.15) is 30.5 Å². The topological polar surface area (TPSA) is 163 Å². The van der Waals surface area contributed by atoms with Crippen LogP contribution in [0.4, 0.5) is 0 Å². The molecule has 0 aliphatic carbocycles. The Hall–Kier alpha value is -0.400. The average Bonchev–Trinajstić information content (AvgIpc) is 2.44. The number of piperidine rings is 1. The van der Waals surface area contributed by atoms with Crippen molar-refractivity contribution in [3.05, 3.63) is 0 Å². The minimum absolute atomic E-state index is 0.0607. The number of aliphatic hydroxyl groups excluding tert-OH is 7. The van der Waals surface area contributed by atoms with Gasteiger partial charge in [0.25, 0.3) is 0 Å². The van der Waals surface area contributed by atoms with Crippen molar-refractivity contribution in [2.24, 2.45) is 0 Å². The molecule has 10 nitrogen and oxygen atoms in total. The van der Waals surface area contributed by atoms with Crippen molar-refractivity contribution in [3.63, 3.8) is 0 Å². The zero-order chi connectivity index (χ0) is 15.7. The summed E-state index contributed by atoms with van der Waals surface area (Å²) >= 11 is 0. The molecular formula is C11H21NO9. The molecule has 0 amide bonds. The first-order valence-electron chi connectivity index (χ1n) is 6.61. The molecule has 0 aromatic rings. The second-order valence-corrected chi connectivity index (χ2v) is 5.30. The Bertz CT molecular complexity index is 334. The third-order valence-electron chi connectivity index (χ3n) is 3.68. The molecule has 2 heterocycles. The minimum atomic E-state index is -1.66. The van der Waals surface area contributed by atoms with Crippen molar-refractivity contribution >= 4 is 0 Å². The van der Waals surface area contributed by atoms with Crippen LogP contribution in [-0.2, 0) is 9.57 Å². The summed E-state index contributed by atoms with van der Waals surface area (Å²) in [5.41, 5.74) is 0. The molecule has 2 rings (SSSR count). The molecule has 124 valence electrons. The molecule has 0 spiro atoms. The van der Waals surface area contributed by atoms with Crippen molar-refractivity contribution < 1.29 is 45.3 Å². The van der Waals surface area contributed by atoms with Gasteiger partial charge in [-0.05, 0) is 0 Å². The largest absolute Gasteiger partial charge is 0.389 e. The summed E-state index contributed by atoms with van der Waals surface area (Å²) in [5, 5.41) is 67.5. The van der Waals surface area contributed by atoms with Crippen molar-refractivity contribution in [2.45, 2.75) is 49.0 Å². The molecule has 21 heavy (non-hydrogen) atoms. The highest BCUT2D eigenvalue weighted by Gasteiger charge is 2.43. The molecule has 0 aromatic heterocycles. The number of hydrogen-bond acceptors (Lipinski definition) is 10. The van der Waals surface area contributed by atoms with Crippen molar-refractivity contribution in [2.75, 3.05) is 19.7 Å². The lowest BCUT2D eigenvalue weighted by Crippen LogP contribution is -2.60. The molecule has 2 saturated heterocycles. The maximum Gasteiger partial charge on any atom is 0.184 e. The van der Waals surface area contributed by atoms with Crippen LogP contribution in [0.25, 0.3) is 0 Å². The summed E-state index contributed by atoms with van der Waals surface area (Å²) in [6.07, 6.45) is -11.1. The van der Waals surface area contributed by atoms with Crippen LogP contribution in [0, 0.1) is 0 Å². The molecule has 0 saturated carbocycles. The Morgan fingerprint density at radius 3 is 1.95 bits per heavy atom. The quantitative estimate of drug-likeness (QED) is 0.269. The summed E-state index contributed by atoms with van der Waals surface area (Å²) in [6.45, 7) is -0.402. The summed E-state index contributed by atoms with van der Waals surface area (Å²) in [6, 6.07) is 0. The lowest BCUT2D eigenvalue weighted by molar-refractivity contribution is -0.310. The van der Waals surface area contributed by atoms with Crippen LogP contribution in [-0.4, -0.2) is 110 Å². The number of ether oxygens (including phenoxy) is 1. The van der Waals surface area contributed by atoms with Gasteiger partial charge in [0.15, 0.2) is 6.29 Å². The fourth-order valence-corrected chi connectivity index (χ4v) is 2.32. The molecule has 8 atom stereocenters. The van der Waals surface area contributed by atoms with E-state index in [1.807, 2.05) is 0 Å². The van der Waals surface area contributed by atoms with Crippen LogP contribution in [0.15, 0.2) is 0 Å². The first-order valence-corrected chi connectivity index (χ1v) is 6.61. The molecule has 2 aliphatic heterocycles. The van der Waals surface area contributed by atoms with Gasteiger partial charge in [-0.2, -0.15) is 5.06 Å². The molecule has 10 heteroatoms. The van der Waals surface area contributed by atoms with Gasteiger partial charge < -0.3 is 40.5 Å². The number of rotatable bonds is 3. The molecule has 0 aromatic carbocycles. The number of aliphatic hydroxyl groups is 7. The van der Waals surface area contributed by atoms with Gasteiger partial charge >= 0.3 is 0 Å². The van der Waals surface area contributed by atoms with E-state index in [1.165, 1.54) is 5.06 Å². The Balaban J connectivity index is 1.85. The first-order chi connectivity index (χ1) is 9.81. The van der Waals surface area contributed by atoms with E-state index in [0.29, 0.717) is 0 Å². The highest BCUT2D eigenvalue weighted by Crippen LogP contribution is 2.21. The van der Waals surface area contributed by atoms with E-state index in [0.717, 1.165) is 0 Å². The zero-order valence-corrected chi connectivity index (χ0v) is 11.1. The van der Waals surface area contributed by atoms with Gasteiger partial charge in [0.2, 0.25) is 0 Å². The smallest absolute Gasteiger partial charge is 0.184 e. The standard InChI is InChI=1S/C11H21NO9/c13-4-1-12(2-5(14)7(4)15)20-3-6-8(16)9(17)10(18)11(19)21-6/h4-11,13-19H,1-3H2/t4-,5+,6-,7?,8-,9+,10-,11?/m1/s1. The second kappa shape index (κ2) is 6.79. The molecular weight excluding hydrogens is 290 g/mol. The molecule has 2 fully saturated rings. The lowest BCUT2D eigenvalue weighted by Gasteiger charge is -2.40. The average molecular weight is 311 g/mol. The van der Waals surface area contributed by atoms with Gasteiger partial charge in [-0.3, -0.25) is 4.84 Å². The number of nitrogens with zero attached hydrogens (tertiary/aromatic N) is 1. The maximum absolute atomic E-state index is 9.72. The van der Waals surface area contributed by atoms with Gasteiger partial charge in [0.05, 0.1) is 31.9 Å². The second-order valence-electron chi connectivity index (χ2n) is 5.30. The summed E-state index contributed by atoms with van der Waals surface area (Å²) in [4.78, 5) is 5.23. The fraction of sp³-hybridized carbons (Fsp3) is 1.00. The Labute approximate surface area is 120 Å². The SMILES string of the molecule is OC1[C@H](O)CN(OC[C@H]2OC(O)[C@H](O)[C@@H](O)[C@@H]2O)C[C@@H]1O. The number of hydrogen-bond donors (Lipinski definition) is 7. The Morgan fingerprint density at radius 2 is 1.38 bits per heavy atom. The minimum Gasteiger partial charge on any atom is -0.389 e. The van der Waals surface area contributed by atoms with Crippen LogP contribution in [0.2, 0.25) is 0 Å². The van der Waals surface area contributed by atoms with Crippen LogP contribution in [0.1, 0.15) is 0 Å². The third kappa shape index (κ3) is 3.68. The predicted molar refractivity (Wildman–Crippen MR) is 64.4 cm³/mol. The Morgan fingerprint density at radius 1 is 0.810 bits per heavy atom. The van der Waals surface area contributed by atoms with E-state index in [1.54, 1.807) is 0 Å². The first kappa shape index (κ1) is 17.0. The normalized spacial score (nSPS) is 49.3. The van der Waals surface area contributed by atoms with Crippen LogP contribution >= 0.6 is 0 Å². The fourth-order valence-electron chi connectivity index (χ4n) is 2.32. The van der Waals surface area contributed by atoms with E-state index in [4.69, 9.17) is 9.57 Å². The molecule has 7 N–H and O–H groups in total. The van der Waals surface area contributed by atoms with Crippen molar-refractivity contribution in [3.8, 4) is 0 Å². The zero-order valence-electron chi connectivity index (χ0n) is 11.1. The molecule has 2 unspecified atom stereocenters. The number of β-amino-alcohol motifs (C(OH)–C–C–N with tert-alkyl or cyclic N) is 2. The van der Waals surface area contributed by atoms with Crippen molar-refractivity contribution in [1.29, 1.82) is 0 Å². The van der Waals surface area contributed by atoms with Gasteiger partial charge in [-0.15, -0.1) is 0 Å². The maximum atomic E-state index is 9.72. The van der Waals surface area contributed by atoms with Crippen LogP contribution in [0.5, 0.6) is 0 Å². The lowest BCUT2D eigenvalue weighted by atomic mass is 9.99. The van der Waals surface area contributed by atoms with E-state index < -0.39 is 49.0 Å². The van der Waals surface area contributed by atoms with Gasteiger partial charge in [0, 0.05) is 0 Å². The summed E-state index contributed by atoms with van der Waals surface area (Å²) < 4.78 is 4.92. The third-order valence-corrected chi connectivity index (χ3v) is 3.68. The van der Waals surface area contributed by atoms with E-state index >= 15 is 0 Å². The summed E-state index contributed by atoms with van der Waals surface area (Å²) in [5.74, 6) is 0. The van der Waals surface area contributed by atoms with Crippen LogP contribution < -0.4 is 0 Å². The molecule has 2 aliphatic rings. The monoisotopic (exact) mass is 311 g/mol. The van der Waals surface area contributed by atoms with E-state index in [9.17, 15) is 35.7 Å². The molecule has 0 bridgehead atoms. The Kier molecular flexibility index (Phi) is 5.48. The van der Waals surface area contributed by atoms with Crippen molar-refractivity contribution in [1.82, 2.24) is 5.06 Å². The van der Waals surface area contributed by atoms with Gasteiger partial charge in [-0.25, -0.2) is 0 Å². The van der Waals surface area contributed by atoms with Gasteiger partial charge in [-0.1, -0.05) is 0 Å².